The summed E-state index contributed by atoms with van der Waals surface area (Å²) in [7, 11) is 3.34. The van der Waals surface area contributed by atoms with Crippen LogP contribution in [0.25, 0.3) is 0 Å². The Morgan fingerprint density at radius 1 is 1.30 bits per heavy atom. The molecule has 2 unspecified atom stereocenters. The summed E-state index contributed by atoms with van der Waals surface area (Å²) in [5, 5.41) is 2.75. The molecule has 0 aliphatic rings. The highest BCUT2D eigenvalue weighted by molar-refractivity contribution is 6.04. The largest absolute Gasteiger partial charge is 0.345 e. The van der Waals surface area contributed by atoms with Crippen molar-refractivity contribution in [2.75, 3.05) is 19.4 Å². The van der Waals surface area contributed by atoms with Crippen LogP contribution in [0.3, 0.4) is 0 Å². The zero-order chi connectivity index (χ0) is 15.3. The molecule has 3 N–H and O–H groups in total. The predicted octanol–water partition coefficient (Wildman–Crippen LogP) is 1.70. The maximum Gasteiger partial charge on any atom is 0.255 e. The molecule has 0 fully saturated rings. The molecule has 2 atom stereocenters. The van der Waals surface area contributed by atoms with Crippen LogP contribution in [-0.2, 0) is 4.79 Å². The third kappa shape index (κ3) is 3.81. The van der Waals surface area contributed by atoms with Gasteiger partial charge in [0.05, 0.1) is 17.3 Å². The Labute approximate surface area is 120 Å². The van der Waals surface area contributed by atoms with Crippen molar-refractivity contribution in [1.29, 1.82) is 0 Å². The van der Waals surface area contributed by atoms with E-state index in [-0.39, 0.29) is 17.7 Å². The van der Waals surface area contributed by atoms with Crippen molar-refractivity contribution in [2.24, 2.45) is 11.7 Å². The van der Waals surface area contributed by atoms with Gasteiger partial charge in [-0.15, -0.1) is 0 Å². The van der Waals surface area contributed by atoms with Crippen LogP contribution in [0.2, 0.25) is 0 Å². The van der Waals surface area contributed by atoms with Crippen LogP contribution in [0.15, 0.2) is 24.3 Å². The molecule has 0 spiro atoms. The maximum atomic E-state index is 12.1. The monoisotopic (exact) mass is 277 g/mol. The number of para-hydroxylation sites is 1. The van der Waals surface area contributed by atoms with Crippen molar-refractivity contribution in [2.45, 2.75) is 26.3 Å². The Bertz CT molecular complexity index is 486. The second-order valence-electron chi connectivity index (χ2n) is 5.15. The number of nitrogens with one attached hydrogen (secondary N) is 1. The van der Waals surface area contributed by atoms with Crippen LogP contribution < -0.4 is 11.1 Å². The van der Waals surface area contributed by atoms with Gasteiger partial charge in [0.15, 0.2) is 0 Å². The molecule has 0 saturated heterocycles. The number of rotatable bonds is 5. The number of hydrogen-bond donors (Lipinski definition) is 2. The van der Waals surface area contributed by atoms with E-state index in [2.05, 4.69) is 5.32 Å². The first-order valence-corrected chi connectivity index (χ1v) is 6.75. The summed E-state index contributed by atoms with van der Waals surface area (Å²) in [6.45, 7) is 3.92. The van der Waals surface area contributed by atoms with E-state index in [0.717, 1.165) is 6.42 Å². The third-order valence-electron chi connectivity index (χ3n) is 3.38. The number of nitrogens with zero attached hydrogens (tertiary/aromatic N) is 1. The van der Waals surface area contributed by atoms with E-state index in [9.17, 15) is 9.59 Å². The molecule has 0 heterocycles. The van der Waals surface area contributed by atoms with Gasteiger partial charge >= 0.3 is 0 Å². The Kier molecular flexibility index (Phi) is 5.70. The van der Waals surface area contributed by atoms with E-state index in [1.54, 1.807) is 38.4 Å². The zero-order valence-electron chi connectivity index (χ0n) is 12.5. The molecule has 110 valence electrons. The predicted molar refractivity (Wildman–Crippen MR) is 80.5 cm³/mol. The van der Waals surface area contributed by atoms with Gasteiger partial charge in [-0.1, -0.05) is 32.4 Å². The summed E-state index contributed by atoms with van der Waals surface area (Å²) in [5.41, 5.74) is 6.85. The normalized spacial score (nSPS) is 13.4. The van der Waals surface area contributed by atoms with Crippen LogP contribution in [0.1, 0.15) is 30.6 Å². The number of benzene rings is 1. The van der Waals surface area contributed by atoms with Gasteiger partial charge < -0.3 is 16.0 Å². The third-order valence-corrected chi connectivity index (χ3v) is 3.38. The Morgan fingerprint density at radius 3 is 2.45 bits per heavy atom. The minimum Gasteiger partial charge on any atom is -0.345 e. The van der Waals surface area contributed by atoms with Gasteiger partial charge in [-0.25, -0.2) is 0 Å². The van der Waals surface area contributed by atoms with E-state index in [1.165, 1.54) is 4.90 Å². The molecule has 5 nitrogen and oxygen atoms in total. The number of nitrogens with two attached hydrogens (primary N) is 1. The average Bonchev–Trinajstić information content (AvgIpc) is 2.45. The molecular weight excluding hydrogens is 254 g/mol. The fourth-order valence-electron chi connectivity index (χ4n) is 1.75. The van der Waals surface area contributed by atoms with E-state index < -0.39 is 6.04 Å². The lowest BCUT2D eigenvalue weighted by molar-refractivity contribution is -0.118. The highest BCUT2D eigenvalue weighted by Crippen LogP contribution is 2.17. The zero-order valence-corrected chi connectivity index (χ0v) is 12.5. The number of anilines is 1. The SMILES string of the molecule is CCC(C)C(N)C(=O)Nc1ccccc1C(=O)N(C)C. The van der Waals surface area contributed by atoms with E-state index in [1.807, 2.05) is 13.8 Å². The maximum absolute atomic E-state index is 12.1. The van der Waals surface area contributed by atoms with Crippen molar-refractivity contribution in [3.05, 3.63) is 29.8 Å². The lowest BCUT2D eigenvalue weighted by Crippen LogP contribution is -2.41. The van der Waals surface area contributed by atoms with Gasteiger partial charge in [-0.2, -0.15) is 0 Å². The van der Waals surface area contributed by atoms with Gasteiger partial charge in [0.1, 0.15) is 0 Å². The summed E-state index contributed by atoms with van der Waals surface area (Å²) in [4.78, 5) is 25.6. The summed E-state index contributed by atoms with van der Waals surface area (Å²) in [5.74, 6) is -0.330. The summed E-state index contributed by atoms with van der Waals surface area (Å²) < 4.78 is 0. The summed E-state index contributed by atoms with van der Waals surface area (Å²) in [6, 6.07) is 6.35. The van der Waals surface area contributed by atoms with E-state index in [0.29, 0.717) is 11.3 Å². The Hall–Kier alpha value is -1.88. The molecule has 2 amide bonds. The molecule has 20 heavy (non-hydrogen) atoms. The van der Waals surface area contributed by atoms with E-state index in [4.69, 9.17) is 5.73 Å². The average molecular weight is 277 g/mol. The van der Waals surface area contributed by atoms with Gasteiger partial charge in [-0.05, 0) is 18.1 Å². The van der Waals surface area contributed by atoms with Crippen LogP contribution in [0, 0.1) is 5.92 Å². The van der Waals surface area contributed by atoms with Crippen LogP contribution in [0.5, 0.6) is 0 Å². The smallest absolute Gasteiger partial charge is 0.255 e. The quantitative estimate of drug-likeness (QED) is 0.860. The minimum absolute atomic E-state index is 0.0895. The molecule has 1 aromatic rings. The van der Waals surface area contributed by atoms with Gasteiger partial charge in [0, 0.05) is 14.1 Å². The second kappa shape index (κ2) is 7.05. The van der Waals surface area contributed by atoms with Crippen LogP contribution in [-0.4, -0.2) is 36.9 Å². The first-order chi connectivity index (χ1) is 9.38. The Balaban J connectivity index is 2.93. The topological polar surface area (TPSA) is 75.4 Å². The summed E-state index contributed by atoms with van der Waals surface area (Å²) in [6.07, 6.45) is 0.826. The molecule has 0 aliphatic heterocycles. The minimum atomic E-state index is -0.581. The molecule has 1 rings (SSSR count). The molecule has 1 aromatic carbocycles. The van der Waals surface area contributed by atoms with Gasteiger partial charge in [0.25, 0.3) is 5.91 Å². The number of carbonyl (C=O) groups is 2. The molecule has 0 aromatic heterocycles. The highest BCUT2D eigenvalue weighted by Gasteiger charge is 2.21. The van der Waals surface area contributed by atoms with Crippen molar-refractivity contribution >= 4 is 17.5 Å². The lowest BCUT2D eigenvalue weighted by Gasteiger charge is -2.19. The Morgan fingerprint density at radius 2 is 1.90 bits per heavy atom. The van der Waals surface area contributed by atoms with Crippen molar-refractivity contribution in [3.8, 4) is 0 Å². The molecule has 5 heteroatoms. The highest BCUT2D eigenvalue weighted by atomic mass is 16.2. The fourth-order valence-corrected chi connectivity index (χ4v) is 1.75. The van der Waals surface area contributed by atoms with Crippen molar-refractivity contribution in [3.63, 3.8) is 0 Å². The lowest BCUT2D eigenvalue weighted by atomic mass is 9.99. The molecule has 0 saturated carbocycles. The number of carbonyl (C=O) groups excluding carboxylic acids is 2. The number of amides is 2. The standard InChI is InChI=1S/C15H23N3O2/c1-5-10(2)13(16)14(19)17-12-9-7-6-8-11(12)15(20)18(3)4/h6-10,13H,5,16H2,1-4H3,(H,17,19). The number of hydrogen-bond acceptors (Lipinski definition) is 3. The molecule has 0 radical (unpaired) electrons. The molecule has 0 bridgehead atoms. The first kappa shape index (κ1) is 16.2. The summed E-state index contributed by atoms with van der Waals surface area (Å²) >= 11 is 0. The van der Waals surface area contributed by atoms with E-state index >= 15 is 0 Å². The fraction of sp³-hybridized carbons (Fsp3) is 0.467. The van der Waals surface area contributed by atoms with Crippen LogP contribution in [0.4, 0.5) is 5.69 Å². The first-order valence-electron chi connectivity index (χ1n) is 6.75. The van der Waals surface area contributed by atoms with Crippen molar-refractivity contribution < 1.29 is 9.59 Å². The van der Waals surface area contributed by atoms with Gasteiger partial charge in [0.2, 0.25) is 5.91 Å². The van der Waals surface area contributed by atoms with Gasteiger partial charge in [-0.3, -0.25) is 9.59 Å². The van der Waals surface area contributed by atoms with Crippen molar-refractivity contribution in [1.82, 2.24) is 4.90 Å². The van der Waals surface area contributed by atoms with Crippen LogP contribution >= 0.6 is 0 Å². The molecule has 0 aliphatic carbocycles. The second-order valence-corrected chi connectivity index (χ2v) is 5.15. The molecular formula is C15H23N3O2.